The van der Waals surface area contributed by atoms with Gasteiger partial charge in [0.2, 0.25) is 0 Å². The first kappa shape index (κ1) is 99.1. The fourth-order valence-corrected chi connectivity index (χ4v) is 14.2. The molecule has 3 unspecified atom stereocenters. The minimum atomic E-state index is -4.96. The molecule has 0 aromatic carbocycles. The normalized spacial score (nSPS) is 14.0. The lowest BCUT2D eigenvalue weighted by atomic mass is 10.0. The first-order chi connectivity index (χ1) is 48.6. The van der Waals surface area contributed by atoms with Gasteiger partial charge in [0.1, 0.15) is 19.3 Å². The lowest BCUT2D eigenvalue weighted by Gasteiger charge is -2.21. The van der Waals surface area contributed by atoms with Crippen molar-refractivity contribution >= 4 is 39.5 Å². The maximum Gasteiger partial charge on any atom is 0.472 e. The Morgan fingerprint density at radius 3 is 0.614 bits per heavy atom. The molecule has 600 valence electrons. The lowest BCUT2D eigenvalue weighted by molar-refractivity contribution is -0.161. The largest absolute Gasteiger partial charge is 0.472 e. The van der Waals surface area contributed by atoms with Gasteiger partial charge < -0.3 is 33.8 Å². The maximum atomic E-state index is 13.1. The third kappa shape index (κ3) is 76.1. The van der Waals surface area contributed by atoms with Crippen molar-refractivity contribution in [2.45, 2.75) is 440 Å². The molecule has 0 bridgehead atoms. The SMILES string of the molecule is CC(C)CCCCCCCCCCCCCCCCCCC(=O)O[C@H](COC(=O)CCCCCCCCCCCCCCCCC(C)C)COP(=O)(O)OCC(O)COP(=O)(O)OC[C@@H](COC(=O)CCCCCCCCCC(C)C)OC(=O)CCCCCCCCCCCCCCC(C)C. The van der Waals surface area contributed by atoms with E-state index in [1.165, 1.54) is 218 Å². The minimum Gasteiger partial charge on any atom is -0.462 e. The van der Waals surface area contributed by atoms with Crippen LogP contribution in [0.15, 0.2) is 0 Å². The molecule has 0 aliphatic carbocycles. The van der Waals surface area contributed by atoms with E-state index >= 15 is 0 Å². The summed E-state index contributed by atoms with van der Waals surface area (Å²) < 4.78 is 68.7. The zero-order valence-corrected chi connectivity index (χ0v) is 68.3. The van der Waals surface area contributed by atoms with E-state index in [-0.39, 0.29) is 25.7 Å². The Bertz CT molecular complexity index is 1970. The highest BCUT2D eigenvalue weighted by Gasteiger charge is 2.30. The van der Waals surface area contributed by atoms with Gasteiger partial charge in [-0.1, -0.05) is 370 Å². The summed E-state index contributed by atoms with van der Waals surface area (Å²) in [7, 11) is -9.92. The Hall–Kier alpha value is -1.94. The van der Waals surface area contributed by atoms with E-state index in [0.717, 1.165) is 114 Å². The predicted octanol–water partition coefficient (Wildman–Crippen LogP) is 24.4. The van der Waals surface area contributed by atoms with Crippen LogP contribution in [0.1, 0.15) is 421 Å². The van der Waals surface area contributed by atoms with E-state index in [9.17, 15) is 43.2 Å². The summed E-state index contributed by atoms with van der Waals surface area (Å²) in [5.74, 6) is 0.977. The lowest BCUT2D eigenvalue weighted by Crippen LogP contribution is -2.30. The van der Waals surface area contributed by atoms with Gasteiger partial charge in [0.05, 0.1) is 26.4 Å². The summed E-state index contributed by atoms with van der Waals surface area (Å²) in [5.41, 5.74) is 0. The van der Waals surface area contributed by atoms with Crippen LogP contribution in [0, 0.1) is 23.7 Å². The van der Waals surface area contributed by atoms with Crippen molar-refractivity contribution in [1.82, 2.24) is 0 Å². The Kier molecular flexibility index (Phi) is 69.6. The zero-order valence-electron chi connectivity index (χ0n) is 66.5. The fraction of sp³-hybridized carbons (Fsp3) is 0.951. The molecule has 3 N–H and O–H groups in total. The van der Waals surface area contributed by atoms with Crippen molar-refractivity contribution < 1.29 is 80.2 Å². The monoisotopic (exact) mass is 1480 g/mol. The second-order valence-electron chi connectivity index (χ2n) is 31.4. The second-order valence-corrected chi connectivity index (χ2v) is 34.3. The highest BCUT2D eigenvalue weighted by molar-refractivity contribution is 7.47. The van der Waals surface area contributed by atoms with Gasteiger partial charge in [-0.2, -0.15) is 0 Å². The quantitative estimate of drug-likeness (QED) is 0.0222. The van der Waals surface area contributed by atoms with Crippen molar-refractivity contribution in [3.05, 3.63) is 0 Å². The van der Waals surface area contributed by atoms with Gasteiger partial charge in [-0.3, -0.25) is 37.3 Å². The first-order valence-corrected chi connectivity index (χ1v) is 45.2. The summed E-state index contributed by atoms with van der Waals surface area (Å²) in [4.78, 5) is 73.1. The molecule has 0 aromatic heterocycles. The molecule has 0 rings (SSSR count). The number of carbonyl (C=O) groups is 4. The number of unbranched alkanes of at least 4 members (excludes halogenated alkanes) is 45. The Morgan fingerprint density at radius 1 is 0.248 bits per heavy atom. The van der Waals surface area contributed by atoms with E-state index in [1.54, 1.807) is 0 Å². The topological polar surface area (TPSA) is 237 Å². The minimum absolute atomic E-state index is 0.106. The van der Waals surface area contributed by atoms with E-state index < -0.39 is 97.5 Å². The number of rotatable bonds is 79. The third-order valence-corrected chi connectivity index (χ3v) is 21.0. The smallest absolute Gasteiger partial charge is 0.462 e. The number of ether oxygens (including phenoxy) is 4. The molecule has 0 aliphatic rings. The van der Waals surface area contributed by atoms with Gasteiger partial charge in [0.25, 0.3) is 0 Å². The molecule has 17 nitrogen and oxygen atoms in total. The molecule has 0 saturated heterocycles. The molecule has 0 aliphatic heterocycles. The van der Waals surface area contributed by atoms with E-state index in [4.69, 9.17) is 37.0 Å². The van der Waals surface area contributed by atoms with E-state index in [1.807, 2.05) is 0 Å². The van der Waals surface area contributed by atoms with Crippen LogP contribution in [0.5, 0.6) is 0 Å². The highest BCUT2D eigenvalue weighted by atomic mass is 31.2. The second kappa shape index (κ2) is 71.0. The van der Waals surface area contributed by atoms with Crippen molar-refractivity contribution in [1.29, 1.82) is 0 Å². The summed E-state index contributed by atoms with van der Waals surface area (Å²) >= 11 is 0. The molecule has 0 aromatic rings. The molecule has 101 heavy (non-hydrogen) atoms. The summed E-state index contributed by atoms with van der Waals surface area (Å²) in [6, 6.07) is 0. The molecule has 5 atom stereocenters. The number of aliphatic hydroxyl groups excluding tert-OH is 1. The van der Waals surface area contributed by atoms with Crippen LogP contribution in [0.4, 0.5) is 0 Å². The van der Waals surface area contributed by atoms with Gasteiger partial charge >= 0.3 is 39.5 Å². The fourth-order valence-electron chi connectivity index (χ4n) is 12.6. The summed E-state index contributed by atoms with van der Waals surface area (Å²) in [5, 5.41) is 10.6. The number of esters is 4. The van der Waals surface area contributed by atoms with Crippen LogP contribution in [0.25, 0.3) is 0 Å². The molecule has 19 heteroatoms. The number of carbonyl (C=O) groups excluding carboxylic acids is 4. The molecular formula is C82H160O17P2. The number of phosphoric ester groups is 2. The molecule has 0 spiro atoms. The van der Waals surface area contributed by atoms with E-state index in [0.29, 0.717) is 31.6 Å². The predicted molar refractivity (Wildman–Crippen MR) is 414 cm³/mol. The van der Waals surface area contributed by atoms with Crippen LogP contribution in [0.3, 0.4) is 0 Å². The Morgan fingerprint density at radius 2 is 0.416 bits per heavy atom. The Labute approximate surface area is 619 Å². The zero-order chi connectivity index (χ0) is 74.6. The van der Waals surface area contributed by atoms with Crippen LogP contribution >= 0.6 is 15.6 Å². The van der Waals surface area contributed by atoms with Crippen molar-refractivity contribution in [3.8, 4) is 0 Å². The highest BCUT2D eigenvalue weighted by Crippen LogP contribution is 2.45. The third-order valence-electron chi connectivity index (χ3n) is 19.1. The van der Waals surface area contributed by atoms with Crippen molar-refractivity contribution in [2.75, 3.05) is 39.6 Å². The van der Waals surface area contributed by atoms with Crippen molar-refractivity contribution in [3.63, 3.8) is 0 Å². The van der Waals surface area contributed by atoms with Crippen molar-refractivity contribution in [2.24, 2.45) is 23.7 Å². The molecule has 0 saturated carbocycles. The number of phosphoric acid groups is 2. The molecular weight excluding hydrogens is 1320 g/mol. The Balaban J connectivity index is 5.25. The maximum absolute atomic E-state index is 13.1. The standard InChI is InChI=1S/C82H160O17P2/c1-72(2)58-50-42-34-27-21-15-11-9-10-12-18-25-31-39-48-56-64-81(86)98-77(68-92-79(84)62-54-46-38-30-24-17-14-13-16-22-28-35-43-51-59-73(3)4)70-96-100(88,89)94-66-76(83)67-95-101(90,91)97-71-78(69-93-80(85)63-55-47-41-33-37-45-53-61-75(7)8)99-82(87)65-57-49-40-32-26-20-19-23-29-36-44-52-60-74(5)6/h72-78,83H,9-71H2,1-8H3,(H,88,89)(H,90,91)/t76?,77-,78-/m1/s1. The van der Waals surface area contributed by atoms with Crippen LogP contribution < -0.4 is 0 Å². The molecule has 0 heterocycles. The first-order valence-electron chi connectivity index (χ1n) is 42.2. The van der Waals surface area contributed by atoms with Crippen LogP contribution in [-0.4, -0.2) is 96.7 Å². The number of aliphatic hydroxyl groups is 1. The summed E-state index contributed by atoms with van der Waals surface area (Å²) in [6.07, 6.45) is 58.3. The van der Waals surface area contributed by atoms with Crippen LogP contribution in [-0.2, 0) is 65.4 Å². The van der Waals surface area contributed by atoms with Gasteiger partial charge in [0, 0.05) is 25.7 Å². The average Bonchev–Trinajstić information content (AvgIpc) is 0.945. The molecule has 0 fully saturated rings. The van der Waals surface area contributed by atoms with Gasteiger partial charge in [0.15, 0.2) is 12.2 Å². The summed E-state index contributed by atoms with van der Waals surface area (Å²) in [6.45, 7) is 14.3. The average molecular weight is 1480 g/mol. The molecule has 0 radical (unpaired) electrons. The van der Waals surface area contributed by atoms with Gasteiger partial charge in [-0.15, -0.1) is 0 Å². The molecule has 0 amide bonds. The van der Waals surface area contributed by atoms with Gasteiger partial charge in [-0.05, 0) is 49.4 Å². The van der Waals surface area contributed by atoms with Crippen LogP contribution in [0.2, 0.25) is 0 Å². The number of hydrogen-bond donors (Lipinski definition) is 3. The van der Waals surface area contributed by atoms with E-state index in [2.05, 4.69) is 55.4 Å². The number of hydrogen-bond acceptors (Lipinski definition) is 15. The van der Waals surface area contributed by atoms with Gasteiger partial charge in [-0.25, -0.2) is 9.13 Å².